The van der Waals surface area contributed by atoms with Gasteiger partial charge in [-0.1, -0.05) is 57.9 Å². The highest BCUT2D eigenvalue weighted by Crippen LogP contribution is 2.76. The van der Waals surface area contributed by atoms with Crippen LogP contribution in [0, 0.1) is 35.0 Å². The molecule has 0 bridgehead atoms. The van der Waals surface area contributed by atoms with Gasteiger partial charge in [0.15, 0.2) is 9.76 Å². The molecule has 150 valence electrons. The summed E-state index contributed by atoms with van der Waals surface area (Å²) < 4.78 is 7.07. The third-order valence-electron chi connectivity index (χ3n) is 10.2. The van der Waals surface area contributed by atoms with Crippen molar-refractivity contribution in [1.82, 2.24) is 0 Å². The first-order chi connectivity index (χ1) is 12.8. The van der Waals surface area contributed by atoms with Crippen LogP contribution in [0.3, 0.4) is 0 Å². The van der Waals surface area contributed by atoms with Crippen LogP contribution in [-0.2, 0) is 4.43 Å². The Morgan fingerprint density at radius 3 is 2.74 bits per heavy atom. The molecule has 0 aromatic carbocycles. The quantitative estimate of drug-likeness (QED) is 0.414. The molecule has 5 aliphatic rings. The Labute approximate surface area is 169 Å². The van der Waals surface area contributed by atoms with Crippen LogP contribution in [0.2, 0.25) is 5.04 Å². The van der Waals surface area contributed by atoms with E-state index in [0.717, 1.165) is 29.6 Å². The van der Waals surface area contributed by atoms with Gasteiger partial charge < -0.3 is 4.43 Å². The normalized spacial score (nSPS) is 45.9. The second-order valence-corrected chi connectivity index (χ2v) is 14.2. The third kappa shape index (κ3) is 2.58. The van der Waals surface area contributed by atoms with E-state index in [1.54, 1.807) is 0 Å². The highest BCUT2D eigenvalue weighted by molar-refractivity contribution is 6.32. The minimum Gasteiger partial charge on any atom is -0.417 e. The van der Waals surface area contributed by atoms with Crippen molar-refractivity contribution >= 4 is 9.76 Å². The molecule has 0 saturated heterocycles. The zero-order valence-corrected chi connectivity index (χ0v) is 19.7. The molecule has 3 saturated carbocycles. The number of hydrogen-bond donors (Lipinski definition) is 0. The van der Waals surface area contributed by atoms with Crippen molar-refractivity contribution in [3.8, 4) is 0 Å². The lowest BCUT2D eigenvalue weighted by atomic mass is 9.53. The fourth-order valence-electron chi connectivity index (χ4n) is 7.54. The molecule has 0 N–H and O–H groups in total. The Balaban J connectivity index is 1.37. The van der Waals surface area contributed by atoms with Crippen molar-refractivity contribution in [3.63, 3.8) is 0 Å². The third-order valence-corrected chi connectivity index (χ3v) is 12.4. The smallest absolute Gasteiger partial charge is 0.168 e. The lowest BCUT2D eigenvalue weighted by molar-refractivity contribution is -0.0533. The van der Waals surface area contributed by atoms with Gasteiger partial charge in [0.1, 0.15) is 0 Å². The molecule has 3 fully saturated rings. The average molecular weight is 385 g/mol. The predicted octanol–water partition coefficient (Wildman–Crippen LogP) is 6.19. The lowest BCUT2D eigenvalue weighted by Crippen LogP contribution is -2.49. The van der Waals surface area contributed by atoms with Gasteiger partial charge in [0.2, 0.25) is 0 Å². The van der Waals surface area contributed by atoms with Crippen LogP contribution in [-0.4, -0.2) is 15.4 Å². The average Bonchev–Trinajstić information content (AvgIpc) is 3.31. The summed E-state index contributed by atoms with van der Waals surface area (Å²) in [5.41, 5.74) is 4.47. The summed E-state index contributed by atoms with van der Waals surface area (Å²) in [6.45, 7) is 12.3. The zero-order chi connectivity index (χ0) is 19.0. The maximum atomic E-state index is 7.07. The van der Waals surface area contributed by atoms with Crippen LogP contribution in [0.1, 0.15) is 86.0 Å². The van der Waals surface area contributed by atoms with Crippen LogP contribution < -0.4 is 0 Å². The van der Waals surface area contributed by atoms with Gasteiger partial charge >= 0.3 is 0 Å². The number of rotatable bonds is 4. The monoisotopic (exact) mass is 384 g/mol. The SMILES string of the molecule is CC(C)C(C)(C)[SiH2]OC12C[C@@H]1C[C@H]1[C@@H]3CCC4=C(CC=CC4)[C@H]3CC[C@@]12C. The van der Waals surface area contributed by atoms with E-state index in [9.17, 15) is 0 Å². The van der Waals surface area contributed by atoms with E-state index in [1.807, 2.05) is 11.1 Å². The molecule has 1 unspecified atom stereocenters. The van der Waals surface area contributed by atoms with Gasteiger partial charge in [-0.05, 0) is 91.4 Å². The first-order valence-electron chi connectivity index (χ1n) is 11.8. The van der Waals surface area contributed by atoms with Crippen LogP contribution in [0.4, 0.5) is 0 Å². The van der Waals surface area contributed by atoms with Crippen molar-refractivity contribution < 1.29 is 4.43 Å². The van der Waals surface area contributed by atoms with E-state index < -0.39 is 9.76 Å². The molecule has 0 aliphatic heterocycles. The Morgan fingerprint density at radius 1 is 1.19 bits per heavy atom. The number of allylic oxidation sites excluding steroid dienone is 4. The molecular formula is C25H40OSi. The molecule has 5 rings (SSSR count). The second-order valence-electron chi connectivity index (χ2n) is 11.8. The van der Waals surface area contributed by atoms with Crippen LogP contribution in [0.5, 0.6) is 0 Å². The molecule has 0 heterocycles. The summed E-state index contributed by atoms with van der Waals surface area (Å²) in [6, 6.07) is 0. The van der Waals surface area contributed by atoms with E-state index in [2.05, 4.69) is 46.8 Å². The zero-order valence-electron chi connectivity index (χ0n) is 18.3. The largest absolute Gasteiger partial charge is 0.417 e. The topological polar surface area (TPSA) is 9.23 Å². The molecule has 0 spiro atoms. The van der Waals surface area contributed by atoms with Gasteiger partial charge in [-0.3, -0.25) is 0 Å². The van der Waals surface area contributed by atoms with Crippen molar-refractivity contribution in [2.75, 3.05) is 0 Å². The highest BCUT2D eigenvalue weighted by atomic mass is 28.2. The van der Waals surface area contributed by atoms with E-state index in [4.69, 9.17) is 4.43 Å². The van der Waals surface area contributed by atoms with Crippen LogP contribution >= 0.6 is 0 Å². The van der Waals surface area contributed by atoms with Gasteiger partial charge in [0, 0.05) is 0 Å². The maximum absolute atomic E-state index is 7.07. The summed E-state index contributed by atoms with van der Waals surface area (Å²) in [5, 5.41) is 0.423. The summed E-state index contributed by atoms with van der Waals surface area (Å²) >= 11 is 0. The molecule has 1 nitrogen and oxygen atoms in total. The van der Waals surface area contributed by atoms with Crippen molar-refractivity contribution in [3.05, 3.63) is 23.3 Å². The number of fused-ring (bicyclic) bond motifs is 6. The maximum Gasteiger partial charge on any atom is 0.168 e. The summed E-state index contributed by atoms with van der Waals surface area (Å²) in [7, 11) is -0.501. The van der Waals surface area contributed by atoms with Gasteiger partial charge in [0.25, 0.3) is 0 Å². The minimum atomic E-state index is -0.501. The van der Waals surface area contributed by atoms with E-state index in [-0.39, 0.29) is 0 Å². The van der Waals surface area contributed by atoms with E-state index in [1.165, 1.54) is 51.4 Å². The van der Waals surface area contributed by atoms with E-state index in [0.29, 0.717) is 16.1 Å². The molecule has 0 radical (unpaired) electrons. The molecule has 5 aliphatic carbocycles. The molecule has 2 heteroatoms. The number of hydrogen-bond acceptors (Lipinski definition) is 1. The Morgan fingerprint density at radius 2 is 1.96 bits per heavy atom. The highest BCUT2D eigenvalue weighted by Gasteiger charge is 2.75. The van der Waals surface area contributed by atoms with Crippen molar-refractivity contribution in [2.24, 2.45) is 35.0 Å². The minimum absolute atomic E-state index is 0.294. The molecule has 6 atom stereocenters. The molecule has 0 aromatic heterocycles. The lowest BCUT2D eigenvalue weighted by Gasteiger charge is -2.54. The predicted molar refractivity (Wildman–Crippen MR) is 116 cm³/mol. The Hall–Kier alpha value is -0.343. The summed E-state index contributed by atoms with van der Waals surface area (Å²) in [5.74, 6) is 4.44. The van der Waals surface area contributed by atoms with Gasteiger partial charge in [-0.25, -0.2) is 0 Å². The standard InChI is InChI=1S/C25H40OSi/c1-16(2)23(3,4)27-26-25-15-18(25)14-22-21-11-10-17-8-6-7-9-19(17)20(21)12-13-24(22,25)5/h6-7,16,18,20-22H,8-15,27H2,1-5H3/t18-,20+,21+,22-,24-,25?/m0/s1. The molecule has 27 heavy (non-hydrogen) atoms. The summed E-state index contributed by atoms with van der Waals surface area (Å²) in [6.07, 6.45) is 16.0. The first kappa shape index (κ1) is 18.7. The first-order valence-corrected chi connectivity index (χ1v) is 13.1. The van der Waals surface area contributed by atoms with Crippen molar-refractivity contribution in [2.45, 2.75) is 96.6 Å². The van der Waals surface area contributed by atoms with Crippen molar-refractivity contribution in [1.29, 1.82) is 0 Å². The Bertz CT molecular complexity index is 688. The molecular weight excluding hydrogens is 344 g/mol. The van der Waals surface area contributed by atoms with Crippen LogP contribution in [0.15, 0.2) is 23.3 Å². The van der Waals surface area contributed by atoms with Crippen LogP contribution in [0.25, 0.3) is 0 Å². The second kappa shape index (κ2) is 6.08. The van der Waals surface area contributed by atoms with Gasteiger partial charge in [-0.15, -0.1) is 0 Å². The van der Waals surface area contributed by atoms with E-state index >= 15 is 0 Å². The Kier molecular flexibility index (Phi) is 4.20. The molecule has 0 aromatic rings. The van der Waals surface area contributed by atoms with Gasteiger partial charge in [0.05, 0.1) is 5.60 Å². The fourth-order valence-corrected chi connectivity index (χ4v) is 9.19. The molecule has 0 amide bonds. The fraction of sp³-hybridized carbons (Fsp3) is 0.840. The van der Waals surface area contributed by atoms with Gasteiger partial charge in [-0.2, -0.15) is 0 Å². The summed E-state index contributed by atoms with van der Waals surface area (Å²) in [4.78, 5) is 0.